The highest BCUT2D eigenvalue weighted by Crippen LogP contribution is 2.24. The second kappa shape index (κ2) is 8.49. The average molecular weight is 382 g/mol. The van der Waals surface area contributed by atoms with Gasteiger partial charge < -0.3 is 19.9 Å². The maximum Gasteiger partial charge on any atom is 0.231 e. The highest BCUT2D eigenvalue weighted by atomic mass is 16.5. The first-order chi connectivity index (χ1) is 13.7. The van der Waals surface area contributed by atoms with Gasteiger partial charge in [0.15, 0.2) is 17.0 Å². The molecule has 4 rings (SSSR count). The van der Waals surface area contributed by atoms with Gasteiger partial charge in [0.2, 0.25) is 5.95 Å². The van der Waals surface area contributed by atoms with E-state index in [1.165, 1.54) is 0 Å². The number of hydrogen-bond donors (Lipinski definition) is 2. The molecule has 2 N–H and O–H groups in total. The molecule has 0 aromatic carbocycles. The van der Waals surface area contributed by atoms with Crippen LogP contribution in [0.2, 0.25) is 0 Å². The lowest BCUT2D eigenvalue weighted by molar-refractivity contribution is 0.0398. The fraction of sp³-hybridized carbons (Fsp3) is 0.474. The monoisotopic (exact) mass is 382 g/mol. The fourth-order valence-electron chi connectivity index (χ4n) is 3.20. The Kier molecular flexibility index (Phi) is 5.63. The van der Waals surface area contributed by atoms with Crippen LogP contribution in [0.15, 0.2) is 30.9 Å². The van der Waals surface area contributed by atoms with Crippen LogP contribution in [-0.4, -0.2) is 68.8 Å². The number of aromatic nitrogens is 5. The minimum atomic E-state index is 0.259. The van der Waals surface area contributed by atoms with Gasteiger partial charge in [0, 0.05) is 50.3 Å². The first-order valence-electron chi connectivity index (χ1n) is 9.66. The summed E-state index contributed by atoms with van der Waals surface area (Å²) in [7, 11) is 0. The standard InChI is InChI=1S/C19H26N8O/c1-14(2)27-13-22-16-17(21-7-8-26-9-11-28-12-10-26)24-19(25-18(16)27)23-15-3-5-20-6-4-15/h3-6,13-14H,7-12H2,1-2H3,(H2,20,21,23,24,25). The van der Waals surface area contributed by atoms with Gasteiger partial charge in [-0.05, 0) is 26.0 Å². The number of anilines is 3. The molecule has 9 nitrogen and oxygen atoms in total. The molecule has 1 aliphatic rings. The zero-order valence-electron chi connectivity index (χ0n) is 16.3. The molecule has 0 radical (unpaired) electrons. The molecule has 0 spiro atoms. The lowest BCUT2D eigenvalue weighted by Crippen LogP contribution is -2.39. The summed E-state index contributed by atoms with van der Waals surface area (Å²) < 4.78 is 7.47. The van der Waals surface area contributed by atoms with Crippen LogP contribution in [0.5, 0.6) is 0 Å². The normalized spacial score (nSPS) is 15.2. The van der Waals surface area contributed by atoms with E-state index in [1.54, 1.807) is 12.4 Å². The Morgan fingerprint density at radius 2 is 1.93 bits per heavy atom. The second-order valence-electron chi connectivity index (χ2n) is 7.06. The van der Waals surface area contributed by atoms with Crippen molar-refractivity contribution in [2.75, 3.05) is 50.0 Å². The Morgan fingerprint density at radius 3 is 2.68 bits per heavy atom. The topological polar surface area (TPSA) is 93.0 Å². The highest BCUT2D eigenvalue weighted by Gasteiger charge is 2.16. The highest BCUT2D eigenvalue weighted by molar-refractivity contribution is 5.84. The Hall–Kier alpha value is -2.78. The Morgan fingerprint density at radius 1 is 1.14 bits per heavy atom. The van der Waals surface area contributed by atoms with E-state index in [1.807, 2.05) is 18.5 Å². The zero-order chi connectivity index (χ0) is 19.3. The number of fused-ring (bicyclic) bond motifs is 1. The summed E-state index contributed by atoms with van der Waals surface area (Å²) in [4.78, 5) is 20.4. The van der Waals surface area contributed by atoms with Crippen LogP contribution < -0.4 is 10.6 Å². The van der Waals surface area contributed by atoms with Gasteiger partial charge >= 0.3 is 0 Å². The van der Waals surface area contributed by atoms with Gasteiger partial charge in [0.25, 0.3) is 0 Å². The molecule has 0 aliphatic carbocycles. The van der Waals surface area contributed by atoms with Crippen LogP contribution in [-0.2, 0) is 4.74 Å². The quantitative estimate of drug-likeness (QED) is 0.643. The predicted octanol–water partition coefficient (Wildman–Crippen LogP) is 2.29. The van der Waals surface area contributed by atoms with Crippen LogP contribution >= 0.6 is 0 Å². The van der Waals surface area contributed by atoms with Gasteiger partial charge in [0.1, 0.15) is 0 Å². The van der Waals surface area contributed by atoms with Crippen molar-refractivity contribution in [2.45, 2.75) is 19.9 Å². The maximum absolute atomic E-state index is 5.41. The Balaban J connectivity index is 1.57. The third-order valence-corrected chi connectivity index (χ3v) is 4.74. The van der Waals surface area contributed by atoms with Crippen LogP contribution in [0.25, 0.3) is 11.2 Å². The first-order valence-corrected chi connectivity index (χ1v) is 9.66. The number of pyridine rings is 1. The van der Waals surface area contributed by atoms with Crippen molar-refractivity contribution in [3.63, 3.8) is 0 Å². The molecule has 9 heteroatoms. The molecule has 3 aromatic rings. The molecule has 3 aromatic heterocycles. The van der Waals surface area contributed by atoms with Crippen molar-refractivity contribution < 1.29 is 4.74 Å². The molecule has 148 valence electrons. The van der Waals surface area contributed by atoms with Gasteiger partial charge in [-0.15, -0.1) is 0 Å². The van der Waals surface area contributed by atoms with E-state index in [0.717, 1.165) is 62.1 Å². The number of rotatable bonds is 7. The van der Waals surface area contributed by atoms with Gasteiger partial charge in [-0.2, -0.15) is 9.97 Å². The van der Waals surface area contributed by atoms with E-state index in [0.29, 0.717) is 5.95 Å². The molecule has 0 bridgehead atoms. The summed E-state index contributed by atoms with van der Waals surface area (Å²) in [5, 5.41) is 6.71. The van der Waals surface area contributed by atoms with Crippen LogP contribution in [0.3, 0.4) is 0 Å². The zero-order valence-corrected chi connectivity index (χ0v) is 16.3. The van der Waals surface area contributed by atoms with E-state index in [-0.39, 0.29) is 6.04 Å². The van der Waals surface area contributed by atoms with Crippen molar-refractivity contribution in [1.29, 1.82) is 0 Å². The summed E-state index contributed by atoms with van der Waals surface area (Å²) in [6.45, 7) is 9.50. The smallest absolute Gasteiger partial charge is 0.231 e. The van der Waals surface area contributed by atoms with Crippen LogP contribution in [0, 0.1) is 0 Å². The molecule has 0 saturated carbocycles. The fourth-order valence-corrected chi connectivity index (χ4v) is 3.20. The molecule has 1 fully saturated rings. The molecular formula is C19H26N8O. The van der Waals surface area contributed by atoms with Crippen LogP contribution in [0.4, 0.5) is 17.5 Å². The third kappa shape index (κ3) is 4.20. The summed E-state index contributed by atoms with van der Waals surface area (Å²) >= 11 is 0. The second-order valence-corrected chi connectivity index (χ2v) is 7.06. The molecule has 28 heavy (non-hydrogen) atoms. The van der Waals surface area contributed by atoms with E-state index in [9.17, 15) is 0 Å². The number of morpholine rings is 1. The van der Waals surface area contributed by atoms with Crippen molar-refractivity contribution in [3.8, 4) is 0 Å². The molecule has 1 aliphatic heterocycles. The summed E-state index contributed by atoms with van der Waals surface area (Å²) in [5.74, 6) is 1.28. The summed E-state index contributed by atoms with van der Waals surface area (Å²) in [6, 6.07) is 4.03. The molecule has 4 heterocycles. The Labute approximate surface area is 164 Å². The van der Waals surface area contributed by atoms with Crippen LogP contribution in [0.1, 0.15) is 19.9 Å². The van der Waals surface area contributed by atoms with E-state index >= 15 is 0 Å². The number of imidazole rings is 1. The Bertz CT molecular complexity index is 905. The lowest BCUT2D eigenvalue weighted by Gasteiger charge is -2.26. The number of ether oxygens (including phenoxy) is 1. The molecule has 1 saturated heterocycles. The van der Waals surface area contributed by atoms with Gasteiger partial charge in [0.05, 0.1) is 19.5 Å². The average Bonchev–Trinajstić information content (AvgIpc) is 3.14. The molecule has 0 atom stereocenters. The number of nitrogens with one attached hydrogen (secondary N) is 2. The van der Waals surface area contributed by atoms with Crippen molar-refractivity contribution in [1.82, 2.24) is 29.4 Å². The summed E-state index contributed by atoms with van der Waals surface area (Å²) in [5.41, 5.74) is 2.50. The predicted molar refractivity (Wildman–Crippen MR) is 109 cm³/mol. The first kappa shape index (κ1) is 18.6. The van der Waals surface area contributed by atoms with Gasteiger partial charge in [-0.1, -0.05) is 0 Å². The summed E-state index contributed by atoms with van der Waals surface area (Å²) in [6.07, 6.45) is 5.30. The van der Waals surface area contributed by atoms with Crippen molar-refractivity contribution in [2.24, 2.45) is 0 Å². The van der Waals surface area contributed by atoms with E-state index < -0.39 is 0 Å². The van der Waals surface area contributed by atoms with Crippen molar-refractivity contribution >= 4 is 28.6 Å². The lowest BCUT2D eigenvalue weighted by atomic mass is 10.3. The largest absolute Gasteiger partial charge is 0.379 e. The minimum Gasteiger partial charge on any atom is -0.379 e. The minimum absolute atomic E-state index is 0.259. The van der Waals surface area contributed by atoms with Gasteiger partial charge in [-0.3, -0.25) is 9.88 Å². The molecule has 0 unspecified atom stereocenters. The maximum atomic E-state index is 5.41. The van der Waals surface area contributed by atoms with E-state index in [2.05, 4.69) is 48.9 Å². The van der Waals surface area contributed by atoms with Crippen molar-refractivity contribution in [3.05, 3.63) is 30.9 Å². The number of hydrogen-bond acceptors (Lipinski definition) is 8. The molecular weight excluding hydrogens is 356 g/mol. The number of nitrogens with zero attached hydrogens (tertiary/aromatic N) is 6. The third-order valence-electron chi connectivity index (χ3n) is 4.74. The van der Waals surface area contributed by atoms with Gasteiger partial charge in [-0.25, -0.2) is 4.98 Å². The SMILES string of the molecule is CC(C)n1cnc2c(NCCN3CCOCC3)nc(Nc3ccncc3)nc21. The van der Waals surface area contributed by atoms with E-state index in [4.69, 9.17) is 9.72 Å². The molecule has 0 amide bonds.